The van der Waals surface area contributed by atoms with Gasteiger partial charge in [-0.3, -0.25) is 4.79 Å². The first-order valence-corrected chi connectivity index (χ1v) is 13.8. The number of rotatable bonds is 15. The Kier molecular flexibility index (Phi) is 15.9. The highest BCUT2D eigenvalue weighted by molar-refractivity contribution is 6.30. The van der Waals surface area contributed by atoms with Gasteiger partial charge in [-0.1, -0.05) is 29.7 Å². The van der Waals surface area contributed by atoms with Gasteiger partial charge in [-0.05, 0) is 80.7 Å². The number of hydrogen-bond donors (Lipinski definition) is 1. The summed E-state index contributed by atoms with van der Waals surface area (Å²) >= 11 is 6.40. The van der Waals surface area contributed by atoms with Gasteiger partial charge in [0.2, 0.25) is 0 Å². The lowest BCUT2D eigenvalue weighted by molar-refractivity contribution is -0.131. The Morgan fingerprint density at radius 1 is 1.17 bits per heavy atom. The van der Waals surface area contributed by atoms with E-state index in [-0.39, 0.29) is 6.47 Å². The molecule has 3 rings (SSSR count). The number of nitriles is 1. The number of unbranched alkanes of at least 4 members (excludes halogenated alkanes) is 1. The van der Waals surface area contributed by atoms with Crippen LogP contribution in [0.5, 0.6) is 5.75 Å². The normalized spacial score (nSPS) is 12.0. The summed E-state index contributed by atoms with van der Waals surface area (Å²) in [6.45, 7) is 4.05. The molecule has 0 amide bonds. The van der Waals surface area contributed by atoms with E-state index in [1.807, 2.05) is 24.3 Å². The van der Waals surface area contributed by atoms with Crippen molar-refractivity contribution in [3.8, 4) is 24.2 Å². The van der Waals surface area contributed by atoms with E-state index in [4.69, 9.17) is 37.9 Å². The van der Waals surface area contributed by atoms with E-state index < -0.39 is 5.97 Å². The maximum atomic E-state index is 9.59. The lowest BCUT2D eigenvalue weighted by atomic mass is 10.0. The number of nitrogens with zero attached hydrogens (tertiary/aromatic N) is 3. The van der Waals surface area contributed by atoms with E-state index in [0.717, 1.165) is 62.4 Å². The molecule has 0 radical (unpaired) electrons. The Morgan fingerprint density at radius 2 is 1.98 bits per heavy atom. The zero-order chi connectivity index (χ0) is 30.6. The summed E-state index contributed by atoms with van der Waals surface area (Å²) in [4.78, 5) is 23.5. The number of carboxylic acid groups (broad SMARTS) is 1. The Bertz CT molecular complexity index is 1300. The molecule has 0 aliphatic carbocycles. The quantitative estimate of drug-likeness (QED) is 0.0747. The largest absolute Gasteiger partial charge is 0.491 e. The second-order valence-electron chi connectivity index (χ2n) is 9.19. The minimum absolute atomic E-state index is 0.138. The molecule has 0 aromatic heterocycles. The third kappa shape index (κ3) is 12.5. The third-order valence-electron chi connectivity index (χ3n) is 6.15. The van der Waals surface area contributed by atoms with E-state index in [2.05, 4.69) is 51.8 Å². The highest BCUT2D eigenvalue weighted by Gasteiger charge is 2.21. The predicted octanol–water partition coefficient (Wildman–Crippen LogP) is 5.15. The maximum Gasteiger partial charge on any atom is 0.331 e. The number of aryl methyl sites for hydroxylation is 2. The zero-order valence-corrected chi connectivity index (χ0v) is 24.5. The molecule has 1 aliphatic heterocycles. The number of terminal acetylenes is 1. The van der Waals surface area contributed by atoms with Gasteiger partial charge in [0.25, 0.3) is 6.47 Å². The number of likely N-dealkylation sites (N-methyl/N-ethyl adjacent to an activating group) is 1. The van der Waals surface area contributed by atoms with Gasteiger partial charge >= 0.3 is 5.97 Å². The Balaban J connectivity index is 0.000000675. The van der Waals surface area contributed by atoms with Crippen LogP contribution in [0.25, 0.3) is 0 Å². The number of benzene rings is 2. The van der Waals surface area contributed by atoms with E-state index in [9.17, 15) is 9.59 Å². The molecule has 9 nitrogen and oxygen atoms in total. The molecule has 0 saturated carbocycles. The van der Waals surface area contributed by atoms with Crippen LogP contribution < -0.4 is 9.64 Å². The summed E-state index contributed by atoms with van der Waals surface area (Å²) < 4.78 is 15.1. The number of aliphatic carboxylic acids is 1. The monoisotopic (exact) mass is 593 g/mol. The number of anilines is 2. The van der Waals surface area contributed by atoms with Gasteiger partial charge in [0.05, 0.1) is 18.8 Å². The van der Waals surface area contributed by atoms with Crippen LogP contribution in [0.1, 0.15) is 24.0 Å². The number of carbonyl (C=O) groups excluding carboxylic acids is 1. The van der Waals surface area contributed by atoms with Gasteiger partial charge < -0.3 is 29.1 Å². The minimum Gasteiger partial charge on any atom is -0.491 e. The fourth-order valence-corrected chi connectivity index (χ4v) is 4.43. The molecular formula is C32H36ClN3O6. The number of fused-ring (bicyclic) bond motifs is 2. The lowest BCUT2D eigenvalue weighted by Gasteiger charge is -2.28. The smallest absolute Gasteiger partial charge is 0.331 e. The van der Waals surface area contributed by atoms with Crippen molar-refractivity contribution in [1.29, 1.82) is 5.26 Å². The van der Waals surface area contributed by atoms with Gasteiger partial charge in [0.15, 0.2) is 0 Å². The number of carbonyl (C=O) groups is 2. The molecule has 0 saturated heterocycles. The summed E-state index contributed by atoms with van der Waals surface area (Å²) in [7, 11) is 2.08. The number of hydrogen-bond acceptors (Lipinski definition) is 8. The van der Waals surface area contributed by atoms with Crippen LogP contribution >= 0.6 is 11.6 Å². The molecule has 0 unspecified atom stereocenters. The first-order chi connectivity index (χ1) is 20.4. The van der Waals surface area contributed by atoms with Crippen molar-refractivity contribution in [2.24, 2.45) is 0 Å². The molecule has 0 atom stereocenters. The number of ether oxygens (including phenoxy) is 3. The fourth-order valence-electron chi connectivity index (χ4n) is 4.26. The summed E-state index contributed by atoms with van der Waals surface area (Å²) in [5, 5.41) is 17.3. The van der Waals surface area contributed by atoms with Crippen molar-refractivity contribution >= 4 is 35.4 Å². The average Bonchev–Trinajstić information content (AvgIpc) is 3.12. The minimum atomic E-state index is -1.15. The van der Waals surface area contributed by atoms with E-state index >= 15 is 0 Å². The molecule has 0 fully saturated rings. The molecule has 2 aromatic carbocycles. The highest BCUT2D eigenvalue weighted by atomic mass is 35.5. The maximum absolute atomic E-state index is 9.59. The van der Waals surface area contributed by atoms with Crippen LogP contribution in [0.3, 0.4) is 0 Å². The molecule has 222 valence electrons. The van der Waals surface area contributed by atoms with Gasteiger partial charge in [0, 0.05) is 35.6 Å². The molecule has 1 heterocycles. The molecular weight excluding hydrogens is 558 g/mol. The predicted molar refractivity (Wildman–Crippen MR) is 163 cm³/mol. The fraction of sp³-hybridized carbons (Fsp3) is 0.344. The standard InChI is InChI=1S/C28H32ClN3O2.C4H4O4/c1-3-18-33-19-20-34-26-12-13-27-24(21-26)9-8-23-10-11-25(29)22-28(23)32(27)17-7-6-16-31(2)15-5-4-14-30;5-3-8-2-1-4(6)7/h1,4-5,10-13,21-22H,6-9,15-20H2,2H3;1-3H,(H,6,7)/b5-4+;2-1-. The third-order valence-corrected chi connectivity index (χ3v) is 6.39. The van der Waals surface area contributed by atoms with Crippen molar-refractivity contribution in [3.63, 3.8) is 0 Å². The summed E-state index contributed by atoms with van der Waals surface area (Å²) in [5.74, 6) is 2.16. The van der Waals surface area contributed by atoms with Crippen LogP contribution in [0.4, 0.5) is 11.4 Å². The number of allylic oxidation sites excluding steroid dienone is 1. The average molecular weight is 594 g/mol. The van der Waals surface area contributed by atoms with Crippen LogP contribution in [-0.4, -0.2) is 69.0 Å². The van der Waals surface area contributed by atoms with Gasteiger partial charge in [-0.2, -0.15) is 5.26 Å². The summed E-state index contributed by atoms with van der Waals surface area (Å²) in [6.07, 6.45) is 14.2. The van der Waals surface area contributed by atoms with Crippen molar-refractivity contribution in [3.05, 3.63) is 77.0 Å². The van der Waals surface area contributed by atoms with Gasteiger partial charge in [-0.25, -0.2) is 4.79 Å². The molecule has 2 aromatic rings. The first-order valence-electron chi connectivity index (χ1n) is 13.4. The Morgan fingerprint density at radius 3 is 2.71 bits per heavy atom. The van der Waals surface area contributed by atoms with Crippen LogP contribution in [0, 0.1) is 23.7 Å². The topological polar surface area (TPSA) is 112 Å². The van der Waals surface area contributed by atoms with Crippen molar-refractivity contribution in [2.75, 3.05) is 51.4 Å². The SMILES string of the molecule is C#CCOCCOc1ccc2c(c1)CCc1ccc(Cl)cc1N2CCCCN(C)C/C=C/C#N.O=CO/C=C\C(=O)O. The van der Waals surface area contributed by atoms with E-state index in [0.29, 0.717) is 25.9 Å². The molecule has 42 heavy (non-hydrogen) atoms. The summed E-state index contributed by atoms with van der Waals surface area (Å²) in [6, 6.07) is 14.6. The van der Waals surface area contributed by atoms with Crippen LogP contribution in [0.15, 0.2) is 60.9 Å². The molecule has 0 bridgehead atoms. The highest BCUT2D eigenvalue weighted by Crippen LogP contribution is 2.39. The molecule has 1 N–H and O–H groups in total. The van der Waals surface area contributed by atoms with E-state index in [1.54, 1.807) is 0 Å². The summed E-state index contributed by atoms with van der Waals surface area (Å²) in [5.41, 5.74) is 4.98. The molecule has 10 heteroatoms. The Hall–Kier alpha value is -4.28. The van der Waals surface area contributed by atoms with Gasteiger partial charge in [-0.15, -0.1) is 6.42 Å². The van der Waals surface area contributed by atoms with Crippen molar-refractivity contribution in [1.82, 2.24) is 4.90 Å². The van der Waals surface area contributed by atoms with Gasteiger partial charge in [0.1, 0.15) is 25.2 Å². The molecule has 1 aliphatic rings. The van der Waals surface area contributed by atoms with E-state index in [1.165, 1.54) is 28.6 Å². The number of halogens is 1. The lowest BCUT2D eigenvalue weighted by Crippen LogP contribution is -2.23. The molecule has 0 spiro atoms. The Labute approximate surface area is 252 Å². The van der Waals surface area contributed by atoms with Crippen LogP contribution in [-0.2, 0) is 31.9 Å². The van der Waals surface area contributed by atoms with Crippen molar-refractivity contribution in [2.45, 2.75) is 25.7 Å². The number of carboxylic acids is 1. The second kappa shape index (κ2) is 19.7. The van der Waals surface area contributed by atoms with Crippen LogP contribution in [0.2, 0.25) is 5.02 Å². The second-order valence-corrected chi connectivity index (χ2v) is 9.63. The first kappa shape index (κ1) is 33.9. The zero-order valence-electron chi connectivity index (χ0n) is 23.7. The van der Waals surface area contributed by atoms with Crippen molar-refractivity contribution < 1.29 is 28.9 Å².